The van der Waals surface area contributed by atoms with Crippen LogP contribution in [0.3, 0.4) is 0 Å². The molecule has 0 bridgehead atoms. The maximum absolute atomic E-state index is 12.2. The number of nitro groups is 1. The summed E-state index contributed by atoms with van der Waals surface area (Å²) in [6.07, 6.45) is 1.38. The van der Waals surface area contributed by atoms with Crippen LogP contribution < -0.4 is 5.43 Å². The van der Waals surface area contributed by atoms with Crippen molar-refractivity contribution in [3.05, 3.63) is 91.2 Å². The molecule has 0 spiro atoms. The number of hydrazone groups is 1. The van der Waals surface area contributed by atoms with Crippen LogP contribution >= 0.6 is 23.2 Å². The molecule has 0 aliphatic rings. The van der Waals surface area contributed by atoms with Crippen molar-refractivity contribution in [2.75, 3.05) is 0 Å². The third kappa shape index (κ3) is 4.69. The molecular weight excluding hydrogens is 427 g/mol. The Morgan fingerprint density at radius 2 is 1.93 bits per heavy atom. The highest BCUT2D eigenvalue weighted by molar-refractivity contribution is 6.34. The van der Waals surface area contributed by atoms with Crippen molar-refractivity contribution in [3.63, 3.8) is 0 Å². The first-order valence-corrected chi connectivity index (χ1v) is 9.72. The number of hydrogen-bond donors (Lipinski definition) is 1. The first kappa shape index (κ1) is 21.5. The van der Waals surface area contributed by atoms with Crippen molar-refractivity contribution in [1.29, 1.82) is 0 Å². The van der Waals surface area contributed by atoms with Crippen LogP contribution in [-0.2, 0) is 11.2 Å². The molecule has 30 heavy (non-hydrogen) atoms. The number of nitro benzene ring substituents is 1. The van der Waals surface area contributed by atoms with Gasteiger partial charge in [-0.25, -0.2) is 5.43 Å². The molecule has 0 fully saturated rings. The van der Waals surface area contributed by atoms with E-state index in [4.69, 9.17) is 23.2 Å². The minimum Gasteiger partial charge on any atom is -0.316 e. The Kier molecular flexibility index (Phi) is 6.54. The number of para-hydroxylation sites is 1. The average molecular weight is 445 g/mol. The summed E-state index contributed by atoms with van der Waals surface area (Å²) in [6.45, 7) is 3.83. The molecule has 7 nitrogen and oxygen atoms in total. The highest BCUT2D eigenvalue weighted by Gasteiger charge is 2.15. The maximum atomic E-state index is 12.2. The van der Waals surface area contributed by atoms with E-state index in [0.717, 1.165) is 22.6 Å². The number of amides is 1. The standard InChI is InChI=1S/C21H18Cl2N4O3/c1-13-9-16(14(2)26(13)20-11-17(22)7-8-18(20)23)12-24-25-21(28)10-15-5-3-4-6-19(15)27(29)30/h3-9,11-12H,10H2,1-2H3,(H,25,28)/b24-12+. The number of nitrogens with one attached hydrogen (secondary N) is 1. The maximum Gasteiger partial charge on any atom is 0.273 e. The largest absolute Gasteiger partial charge is 0.316 e. The summed E-state index contributed by atoms with van der Waals surface area (Å²) in [6, 6.07) is 13.2. The Balaban J connectivity index is 1.75. The Morgan fingerprint density at radius 3 is 2.67 bits per heavy atom. The molecule has 1 heterocycles. The second-order valence-corrected chi connectivity index (χ2v) is 7.46. The summed E-state index contributed by atoms with van der Waals surface area (Å²) in [5.74, 6) is -0.452. The molecule has 0 aliphatic heterocycles. The summed E-state index contributed by atoms with van der Waals surface area (Å²) >= 11 is 12.4. The molecule has 0 saturated heterocycles. The SMILES string of the molecule is Cc1cc(/C=N/NC(=O)Cc2ccccc2[N+](=O)[O-])c(C)n1-c1cc(Cl)ccc1Cl. The van der Waals surface area contributed by atoms with Crippen molar-refractivity contribution in [1.82, 2.24) is 9.99 Å². The second kappa shape index (κ2) is 9.11. The fourth-order valence-corrected chi connectivity index (χ4v) is 3.54. The average Bonchev–Trinajstić information content (AvgIpc) is 2.97. The van der Waals surface area contributed by atoms with Gasteiger partial charge in [-0.15, -0.1) is 0 Å². The number of rotatable bonds is 6. The van der Waals surface area contributed by atoms with Crippen molar-refractivity contribution in [3.8, 4) is 5.69 Å². The van der Waals surface area contributed by atoms with Gasteiger partial charge in [-0.3, -0.25) is 14.9 Å². The summed E-state index contributed by atoms with van der Waals surface area (Å²) in [4.78, 5) is 22.7. The van der Waals surface area contributed by atoms with Crippen LogP contribution in [-0.4, -0.2) is 21.6 Å². The highest BCUT2D eigenvalue weighted by Crippen LogP contribution is 2.28. The fraction of sp³-hybridized carbons (Fsp3) is 0.143. The molecule has 1 amide bonds. The quantitative estimate of drug-likeness (QED) is 0.329. The molecule has 9 heteroatoms. The van der Waals surface area contributed by atoms with Gasteiger partial charge in [0, 0.05) is 33.6 Å². The topological polar surface area (TPSA) is 89.5 Å². The number of aryl methyl sites for hydroxylation is 1. The van der Waals surface area contributed by atoms with Crippen molar-refractivity contribution in [2.24, 2.45) is 5.10 Å². The highest BCUT2D eigenvalue weighted by atomic mass is 35.5. The van der Waals surface area contributed by atoms with Gasteiger partial charge in [-0.2, -0.15) is 5.10 Å². The normalized spacial score (nSPS) is 11.1. The molecule has 1 aromatic heterocycles. The van der Waals surface area contributed by atoms with Gasteiger partial charge < -0.3 is 4.57 Å². The smallest absolute Gasteiger partial charge is 0.273 e. The minimum absolute atomic E-state index is 0.0985. The molecule has 0 unspecified atom stereocenters. The summed E-state index contributed by atoms with van der Waals surface area (Å²) in [7, 11) is 0. The van der Waals surface area contributed by atoms with E-state index >= 15 is 0 Å². The molecular formula is C21H18Cl2N4O3. The Morgan fingerprint density at radius 1 is 1.20 bits per heavy atom. The molecule has 1 N–H and O–H groups in total. The summed E-state index contributed by atoms with van der Waals surface area (Å²) < 4.78 is 1.95. The van der Waals surface area contributed by atoms with Crippen molar-refractivity contribution in [2.45, 2.75) is 20.3 Å². The fourth-order valence-electron chi connectivity index (χ4n) is 3.17. The Labute approximate surface area is 183 Å². The van der Waals surface area contributed by atoms with E-state index in [2.05, 4.69) is 10.5 Å². The van der Waals surface area contributed by atoms with Gasteiger partial charge in [-0.1, -0.05) is 41.4 Å². The van der Waals surface area contributed by atoms with E-state index in [1.165, 1.54) is 12.3 Å². The number of nitrogens with zero attached hydrogens (tertiary/aromatic N) is 3. The summed E-state index contributed by atoms with van der Waals surface area (Å²) in [5, 5.41) is 16.2. The van der Waals surface area contributed by atoms with E-state index in [-0.39, 0.29) is 12.1 Å². The monoisotopic (exact) mass is 444 g/mol. The summed E-state index contributed by atoms with van der Waals surface area (Å²) in [5.41, 5.74) is 5.96. The Hall–Kier alpha value is -3.16. The lowest BCUT2D eigenvalue weighted by molar-refractivity contribution is -0.385. The molecule has 2 aromatic carbocycles. The van der Waals surface area contributed by atoms with Crippen molar-refractivity contribution >= 4 is 41.0 Å². The van der Waals surface area contributed by atoms with Gasteiger partial charge in [0.25, 0.3) is 5.69 Å². The van der Waals surface area contributed by atoms with Gasteiger partial charge in [0.2, 0.25) is 5.91 Å². The van der Waals surface area contributed by atoms with Gasteiger partial charge in [0.05, 0.1) is 28.3 Å². The van der Waals surface area contributed by atoms with Crippen LogP contribution in [0.15, 0.2) is 53.6 Å². The van der Waals surface area contributed by atoms with E-state index in [1.807, 2.05) is 24.5 Å². The lowest BCUT2D eigenvalue weighted by Gasteiger charge is -2.12. The number of hydrogen-bond acceptors (Lipinski definition) is 4. The zero-order valence-electron chi connectivity index (χ0n) is 16.2. The first-order valence-electron chi connectivity index (χ1n) is 8.96. The van der Waals surface area contributed by atoms with E-state index in [0.29, 0.717) is 15.6 Å². The van der Waals surface area contributed by atoms with Gasteiger partial charge in [-0.05, 0) is 38.1 Å². The second-order valence-electron chi connectivity index (χ2n) is 6.61. The number of aromatic nitrogens is 1. The first-order chi connectivity index (χ1) is 14.3. The van der Waals surface area contributed by atoms with E-state index in [9.17, 15) is 14.9 Å². The van der Waals surface area contributed by atoms with Gasteiger partial charge in [0.1, 0.15) is 0 Å². The Bertz CT molecular complexity index is 1160. The van der Waals surface area contributed by atoms with Crippen LogP contribution in [0.5, 0.6) is 0 Å². The molecule has 0 aliphatic carbocycles. The predicted molar refractivity (Wildman–Crippen MR) is 118 cm³/mol. The molecule has 3 rings (SSSR count). The van der Waals surface area contributed by atoms with E-state index in [1.54, 1.807) is 36.4 Å². The van der Waals surface area contributed by atoms with Crippen LogP contribution in [0.4, 0.5) is 5.69 Å². The number of benzene rings is 2. The lowest BCUT2D eigenvalue weighted by atomic mass is 10.1. The number of carbonyl (C=O) groups excluding carboxylic acids is 1. The van der Waals surface area contributed by atoms with Crippen LogP contribution in [0.25, 0.3) is 5.69 Å². The number of halogens is 2. The van der Waals surface area contributed by atoms with Crippen molar-refractivity contribution < 1.29 is 9.72 Å². The number of carbonyl (C=O) groups is 1. The lowest BCUT2D eigenvalue weighted by Crippen LogP contribution is -2.20. The minimum atomic E-state index is -0.512. The van der Waals surface area contributed by atoms with Gasteiger partial charge in [0.15, 0.2) is 0 Å². The van der Waals surface area contributed by atoms with Crippen LogP contribution in [0.1, 0.15) is 22.5 Å². The molecule has 0 atom stereocenters. The molecule has 154 valence electrons. The third-order valence-corrected chi connectivity index (χ3v) is 5.11. The molecule has 0 radical (unpaired) electrons. The zero-order valence-corrected chi connectivity index (χ0v) is 17.7. The van der Waals surface area contributed by atoms with Crippen LogP contribution in [0.2, 0.25) is 10.0 Å². The van der Waals surface area contributed by atoms with Gasteiger partial charge >= 0.3 is 0 Å². The van der Waals surface area contributed by atoms with Crippen LogP contribution in [0, 0.1) is 24.0 Å². The molecule has 3 aromatic rings. The zero-order chi connectivity index (χ0) is 21.8. The molecule has 0 saturated carbocycles. The third-order valence-electron chi connectivity index (χ3n) is 4.55. The predicted octanol–water partition coefficient (Wildman–Crippen LogP) is 5.00. The van der Waals surface area contributed by atoms with E-state index < -0.39 is 10.8 Å².